The Morgan fingerprint density at radius 1 is 1.59 bits per heavy atom. The number of aromatic nitrogens is 1. The van der Waals surface area contributed by atoms with Gasteiger partial charge in [-0.05, 0) is 19.8 Å². The van der Waals surface area contributed by atoms with Crippen molar-refractivity contribution >= 4 is 5.97 Å². The summed E-state index contributed by atoms with van der Waals surface area (Å²) in [6, 6.07) is 1.79. The van der Waals surface area contributed by atoms with Gasteiger partial charge in [0.05, 0.1) is 12.2 Å². The number of carbonyl (C=O) groups is 1. The lowest BCUT2D eigenvalue weighted by Gasteiger charge is -2.33. The summed E-state index contributed by atoms with van der Waals surface area (Å²) in [5.41, 5.74) is -0.114. The number of hydrogen-bond acceptors (Lipinski definition) is 5. The van der Waals surface area contributed by atoms with Gasteiger partial charge in [-0.1, -0.05) is 5.16 Å². The van der Waals surface area contributed by atoms with Gasteiger partial charge in [0.1, 0.15) is 5.54 Å². The molecule has 0 radical (unpaired) electrons. The van der Waals surface area contributed by atoms with Gasteiger partial charge in [0.15, 0.2) is 5.76 Å². The fourth-order valence-electron chi connectivity index (χ4n) is 1.94. The van der Waals surface area contributed by atoms with Crippen LogP contribution in [0.2, 0.25) is 0 Å². The Morgan fingerprint density at radius 3 is 2.82 bits per heavy atom. The summed E-state index contributed by atoms with van der Waals surface area (Å²) in [7, 11) is 0. The van der Waals surface area contributed by atoms with Crippen molar-refractivity contribution in [1.82, 2.24) is 10.5 Å². The molecule has 0 aliphatic carbocycles. The minimum absolute atomic E-state index is 0.368. The minimum atomic E-state index is -0.904. The molecule has 0 unspecified atom stereocenters. The topological polar surface area (TPSA) is 84.6 Å². The Bertz CT molecular complexity index is 396. The average molecular weight is 240 g/mol. The van der Waals surface area contributed by atoms with Gasteiger partial charge in [0.2, 0.25) is 0 Å². The van der Waals surface area contributed by atoms with E-state index in [1.807, 2.05) is 6.92 Å². The Morgan fingerprint density at radius 2 is 2.29 bits per heavy atom. The molecule has 1 saturated heterocycles. The SMILES string of the molecule is Cc1cc(CNC2(C(=O)O)CCOCC2)on1. The molecule has 1 aliphatic rings. The number of hydrogen-bond donors (Lipinski definition) is 2. The predicted octanol–water partition coefficient (Wildman–Crippen LogP) is 0.706. The molecule has 2 heterocycles. The van der Waals surface area contributed by atoms with E-state index in [9.17, 15) is 9.90 Å². The second-order valence-corrected chi connectivity index (χ2v) is 4.29. The summed E-state index contributed by atoms with van der Waals surface area (Å²) >= 11 is 0. The quantitative estimate of drug-likeness (QED) is 0.806. The van der Waals surface area contributed by atoms with Gasteiger partial charge in [-0.2, -0.15) is 0 Å². The number of carboxylic acids is 1. The van der Waals surface area contributed by atoms with Gasteiger partial charge >= 0.3 is 5.97 Å². The van der Waals surface area contributed by atoms with Crippen LogP contribution in [0.15, 0.2) is 10.6 Å². The number of aryl methyl sites for hydroxylation is 1. The third-order valence-corrected chi connectivity index (χ3v) is 3.03. The van der Waals surface area contributed by atoms with Gasteiger partial charge in [-0.25, -0.2) is 0 Å². The van der Waals surface area contributed by atoms with Gasteiger partial charge in [0.25, 0.3) is 0 Å². The summed E-state index contributed by atoms with van der Waals surface area (Å²) in [4.78, 5) is 11.3. The van der Waals surface area contributed by atoms with E-state index in [0.717, 1.165) is 5.69 Å². The van der Waals surface area contributed by atoms with E-state index in [-0.39, 0.29) is 0 Å². The van der Waals surface area contributed by atoms with Crippen molar-refractivity contribution in [2.45, 2.75) is 31.8 Å². The van der Waals surface area contributed by atoms with E-state index < -0.39 is 11.5 Å². The first-order valence-corrected chi connectivity index (χ1v) is 5.61. The van der Waals surface area contributed by atoms with E-state index in [4.69, 9.17) is 9.26 Å². The van der Waals surface area contributed by atoms with Crippen molar-refractivity contribution in [3.05, 3.63) is 17.5 Å². The Balaban J connectivity index is 2.00. The molecule has 0 atom stereocenters. The van der Waals surface area contributed by atoms with Crippen molar-refractivity contribution in [2.75, 3.05) is 13.2 Å². The molecule has 0 saturated carbocycles. The first kappa shape index (κ1) is 12.1. The molecular weight excluding hydrogens is 224 g/mol. The zero-order valence-electron chi connectivity index (χ0n) is 9.73. The van der Waals surface area contributed by atoms with Crippen LogP contribution in [0.5, 0.6) is 0 Å². The van der Waals surface area contributed by atoms with E-state index >= 15 is 0 Å². The minimum Gasteiger partial charge on any atom is -0.480 e. The van der Waals surface area contributed by atoms with Gasteiger partial charge in [-0.3, -0.25) is 10.1 Å². The molecule has 1 aromatic heterocycles. The fraction of sp³-hybridized carbons (Fsp3) is 0.636. The third-order valence-electron chi connectivity index (χ3n) is 3.03. The number of nitrogens with one attached hydrogen (secondary N) is 1. The molecule has 1 fully saturated rings. The summed E-state index contributed by atoms with van der Waals surface area (Å²) in [6.45, 7) is 3.13. The number of carboxylic acid groups (broad SMARTS) is 1. The maximum Gasteiger partial charge on any atom is 0.324 e. The lowest BCUT2D eigenvalue weighted by atomic mass is 9.90. The zero-order valence-corrected chi connectivity index (χ0v) is 9.73. The predicted molar refractivity (Wildman–Crippen MR) is 58.5 cm³/mol. The standard InChI is InChI=1S/C11H16N2O4/c1-8-6-9(17-13-8)7-12-11(10(14)15)2-4-16-5-3-11/h6,12H,2-5,7H2,1H3,(H,14,15). The molecule has 0 aromatic carbocycles. The molecule has 2 N–H and O–H groups in total. The van der Waals surface area contributed by atoms with Crippen LogP contribution in [0.1, 0.15) is 24.3 Å². The average Bonchev–Trinajstić information content (AvgIpc) is 2.74. The molecule has 0 amide bonds. The highest BCUT2D eigenvalue weighted by atomic mass is 16.5. The first-order chi connectivity index (χ1) is 8.12. The highest BCUT2D eigenvalue weighted by Gasteiger charge is 2.39. The first-order valence-electron chi connectivity index (χ1n) is 5.61. The van der Waals surface area contributed by atoms with Crippen molar-refractivity contribution in [1.29, 1.82) is 0 Å². The molecular formula is C11H16N2O4. The van der Waals surface area contributed by atoms with Crippen LogP contribution in [0, 0.1) is 6.92 Å². The van der Waals surface area contributed by atoms with Crippen molar-refractivity contribution < 1.29 is 19.2 Å². The molecule has 6 nitrogen and oxygen atoms in total. The molecule has 17 heavy (non-hydrogen) atoms. The molecule has 1 aromatic rings. The normalized spacial score (nSPS) is 19.1. The molecule has 2 rings (SSSR count). The van der Waals surface area contributed by atoms with Gasteiger partial charge in [-0.15, -0.1) is 0 Å². The zero-order chi connectivity index (χ0) is 12.3. The van der Waals surface area contributed by atoms with Crippen LogP contribution in [-0.4, -0.2) is 35.0 Å². The van der Waals surface area contributed by atoms with Crippen LogP contribution < -0.4 is 5.32 Å². The molecule has 0 spiro atoms. The second-order valence-electron chi connectivity index (χ2n) is 4.29. The van der Waals surface area contributed by atoms with E-state index in [0.29, 0.717) is 38.4 Å². The summed E-state index contributed by atoms with van der Waals surface area (Å²) in [6.07, 6.45) is 0.935. The highest BCUT2D eigenvalue weighted by molar-refractivity contribution is 5.78. The van der Waals surface area contributed by atoms with Crippen LogP contribution in [0.4, 0.5) is 0 Å². The summed E-state index contributed by atoms with van der Waals surface area (Å²) in [5.74, 6) is -0.188. The number of aliphatic carboxylic acids is 1. The maximum atomic E-state index is 11.3. The van der Waals surface area contributed by atoms with Crippen molar-refractivity contribution in [3.8, 4) is 0 Å². The molecule has 6 heteroatoms. The smallest absolute Gasteiger partial charge is 0.324 e. The lowest BCUT2D eigenvalue weighted by molar-refractivity contribution is -0.149. The monoisotopic (exact) mass is 240 g/mol. The highest BCUT2D eigenvalue weighted by Crippen LogP contribution is 2.21. The van der Waals surface area contributed by atoms with Gasteiger partial charge < -0.3 is 14.4 Å². The summed E-state index contributed by atoms with van der Waals surface area (Å²) in [5, 5.41) is 16.1. The van der Waals surface area contributed by atoms with Crippen molar-refractivity contribution in [3.63, 3.8) is 0 Å². The number of rotatable bonds is 4. The Hall–Kier alpha value is -1.40. The van der Waals surface area contributed by atoms with Gasteiger partial charge in [0, 0.05) is 19.3 Å². The van der Waals surface area contributed by atoms with Crippen LogP contribution in [-0.2, 0) is 16.1 Å². The lowest BCUT2D eigenvalue weighted by Crippen LogP contribution is -2.55. The van der Waals surface area contributed by atoms with Crippen LogP contribution in [0.3, 0.4) is 0 Å². The molecule has 1 aliphatic heterocycles. The fourth-order valence-corrected chi connectivity index (χ4v) is 1.94. The van der Waals surface area contributed by atoms with E-state index in [2.05, 4.69) is 10.5 Å². The number of ether oxygens (including phenoxy) is 1. The number of nitrogens with zero attached hydrogens (tertiary/aromatic N) is 1. The van der Waals surface area contributed by atoms with Crippen LogP contribution >= 0.6 is 0 Å². The largest absolute Gasteiger partial charge is 0.480 e. The third kappa shape index (κ3) is 2.65. The second kappa shape index (κ2) is 4.85. The molecule has 0 bridgehead atoms. The Kier molecular flexibility index (Phi) is 3.44. The van der Waals surface area contributed by atoms with Crippen LogP contribution in [0.25, 0.3) is 0 Å². The Labute approximate surface area is 98.9 Å². The summed E-state index contributed by atoms with van der Waals surface area (Å²) < 4.78 is 10.2. The van der Waals surface area contributed by atoms with Crippen molar-refractivity contribution in [2.24, 2.45) is 0 Å². The molecule has 94 valence electrons. The maximum absolute atomic E-state index is 11.3. The van der Waals surface area contributed by atoms with E-state index in [1.165, 1.54) is 0 Å². The van der Waals surface area contributed by atoms with E-state index in [1.54, 1.807) is 6.07 Å².